The number of thiophene rings is 1. The van der Waals surface area contributed by atoms with E-state index < -0.39 is 60.6 Å². The molecule has 0 aliphatic carbocycles. The molecule has 13 nitrogen and oxygen atoms in total. The highest BCUT2D eigenvalue weighted by molar-refractivity contribution is 7.52. The van der Waals surface area contributed by atoms with Crippen LogP contribution in [-0.4, -0.2) is 98.3 Å². The highest BCUT2D eigenvalue weighted by atomic mass is 32.1. The van der Waals surface area contributed by atoms with Gasteiger partial charge in [-0.05, 0) is 48.4 Å². The largest absolute Gasteiger partial charge is 0.399 e. The molecule has 266 valence electrons. The Hall–Kier alpha value is -4.24. The van der Waals surface area contributed by atoms with Crippen LogP contribution in [0.5, 0.6) is 0 Å². The first kappa shape index (κ1) is 35.6. The predicted octanol–water partition coefficient (Wildman–Crippen LogP) is 2.57. The molecule has 1 aromatic heterocycles. The number of carbonyl (C=O) groups excluding carboxylic acids is 5. The van der Waals surface area contributed by atoms with Crippen LogP contribution in [0, 0.1) is 5.92 Å². The number of halogens is 2. The number of carbonyl (C=O) groups is 5. The van der Waals surface area contributed by atoms with Gasteiger partial charge in [-0.3, -0.25) is 28.5 Å². The van der Waals surface area contributed by atoms with Crippen LogP contribution in [0.4, 0.5) is 8.78 Å². The molecule has 17 heteroatoms. The van der Waals surface area contributed by atoms with Gasteiger partial charge >= 0.3 is 13.3 Å². The lowest BCUT2D eigenvalue weighted by Gasteiger charge is -2.39. The summed E-state index contributed by atoms with van der Waals surface area (Å²) in [6.07, 6.45) is 1.26. The highest BCUT2D eigenvalue weighted by Gasteiger charge is 2.51. The molecule has 0 unspecified atom stereocenters. The maximum atomic E-state index is 14.4. The summed E-state index contributed by atoms with van der Waals surface area (Å²) in [5.41, 5.74) is 1.27. The Bertz CT molecular complexity index is 1900. The smallest absolute Gasteiger partial charge is 0.369 e. The van der Waals surface area contributed by atoms with Crippen LogP contribution in [0.1, 0.15) is 52.9 Å². The number of amides is 5. The summed E-state index contributed by atoms with van der Waals surface area (Å²) in [6.45, 7) is 1.80. The maximum Gasteiger partial charge on any atom is 0.399 e. The van der Waals surface area contributed by atoms with Gasteiger partial charge in [-0.1, -0.05) is 36.4 Å². The lowest BCUT2D eigenvalue weighted by atomic mass is 9.89. The van der Waals surface area contributed by atoms with E-state index in [1.165, 1.54) is 28.9 Å². The van der Waals surface area contributed by atoms with Crippen LogP contribution in [-0.2, 0) is 29.4 Å². The minimum absolute atomic E-state index is 0.0352. The summed E-state index contributed by atoms with van der Waals surface area (Å²) in [7, 11) is -5.82. The van der Waals surface area contributed by atoms with E-state index in [1.807, 2.05) is 30.3 Å². The van der Waals surface area contributed by atoms with Crippen molar-refractivity contribution in [2.75, 3.05) is 26.2 Å². The number of nitrogens with zero attached hydrogens (tertiary/aromatic N) is 3. The first-order chi connectivity index (χ1) is 23.6. The lowest BCUT2D eigenvalue weighted by Crippen LogP contribution is -2.61. The number of alkyl halides is 2. The zero-order valence-corrected chi connectivity index (χ0v) is 28.6. The Morgan fingerprint density at radius 1 is 0.980 bits per heavy atom. The standard InChI is InChI=1S/C33H36F2N5O8PS/c1-18(41)38-12-11-22-8-9-26(32(45)39-15-23(24(16-39)29(36)42)19-5-3-2-4-6-19)40(22)31(44)25(17-38)37-30(43)28-14-20-13-21(7-10-27(20)50-28)33(34,35)49(46,47)48/h2-7,10,13-14,22-26H,8-9,11-12,15-17H2,1H3,(H2,36,42)(H,37,43)(H2,46,47,48)/t22-,23+,24-,25+,26+/m1/s1. The van der Waals surface area contributed by atoms with E-state index in [9.17, 15) is 37.3 Å². The highest BCUT2D eigenvalue weighted by Crippen LogP contribution is 2.59. The molecule has 50 heavy (non-hydrogen) atoms. The molecule has 0 spiro atoms. The fraction of sp³-hybridized carbons (Fsp3) is 0.424. The fourth-order valence-electron chi connectivity index (χ4n) is 7.27. The summed E-state index contributed by atoms with van der Waals surface area (Å²) in [6, 6.07) is 11.1. The predicted molar refractivity (Wildman–Crippen MR) is 178 cm³/mol. The molecule has 5 atom stereocenters. The van der Waals surface area contributed by atoms with Gasteiger partial charge in [0.1, 0.15) is 12.1 Å². The van der Waals surface area contributed by atoms with Crippen molar-refractivity contribution in [2.24, 2.45) is 11.7 Å². The van der Waals surface area contributed by atoms with E-state index in [0.717, 1.165) is 29.0 Å². The van der Waals surface area contributed by atoms with E-state index in [2.05, 4.69) is 5.32 Å². The Morgan fingerprint density at radius 3 is 2.36 bits per heavy atom. The van der Waals surface area contributed by atoms with Crippen molar-refractivity contribution in [2.45, 2.75) is 55.9 Å². The normalized spacial score (nSPS) is 24.5. The van der Waals surface area contributed by atoms with Gasteiger partial charge < -0.3 is 35.5 Å². The van der Waals surface area contributed by atoms with Gasteiger partial charge in [0.05, 0.1) is 10.8 Å². The Morgan fingerprint density at radius 2 is 1.70 bits per heavy atom. The summed E-state index contributed by atoms with van der Waals surface area (Å²) < 4.78 is 40.5. The van der Waals surface area contributed by atoms with Gasteiger partial charge in [-0.2, -0.15) is 8.78 Å². The molecular weight excluding hydrogens is 695 g/mol. The minimum Gasteiger partial charge on any atom is -0.369 e. The Labute approximate surface area is 289 Å². The maximum absolute atomic E-state index is 14.4. The van der Waals surface area contributed by atoms with E-state index in [-0.39, 0.29) is 54.2 Å². The number of nitrogens with one attached hydrogen (secondary N) is 1. The number of likely N-dealkylation sites (tertiary alicyclic amines) is 1. The monoisotopic (exact) mass is 731 g/mol. The van der Waals surface area contributed by atoms with Crippen LogP contribution in [0.15, 0.2) is 54.6 Å². The van der Waals surface area contributed by atoms with E-state index in [1.54, 1.807) is 4.90 Å². The third-order valence-corrected chi connectivity index (χ3v) is 12.0. The number of hydrogen-bond acceptors (Lipinski definition) is 7. The number of nitrogens with two attached hydrogens (primary N) is 1. The van der Waals surface area contributed by atoms with E-state index in [4.69, 9.17) is 15.5 Å². The summed E-state index contributed by atoms with van der Waals surface area (Å²) >= 11 is 0.926. The summed E-state index contributed by atoms with van der Waals surface area (Å²) in [5.74, 6) is -3.37. The number of hydrogen-bond donors (Lipinski definition) is 4. The summed E-state index contributed by atoms with van der Waals surface area (Å²) in [5, 5.41) is 2.83. The Balaban J connectivity index is 1.25. The minimum atomic E-state index is -5.82. The van der Waals surface area contributed by atoms with Gasteiger partial charge in [0, 0.05) is 55.3 Å². The van der Waals surface area contributed by atoms with Crippen molar-refractivity contribution >= 4 is 58.6 Å². The van der Waals surface area contributed by atoms with Crippen LogP contribution in [0.3, 0.4) is 0 Å². The molecule has 3 saturated heterocycles. The third kappa shape index (κ3) is 6.64. The topological polar surface area (TPSA) is 191 Å². The van der Waals surface area contributed by atoms with Crippen LogP contribution >= 0.6 is 18.9 Å². The van der Waals surface area contributed by atoms with Crippen molar-refractivity contribution in [3.8, 4) is 0 Å². The van der Waals surface area contributed by atoms with Gasteiger partial charge in [0.2, 0.25) is 23.6 Å². The third-order valence-electron chi connectivity index (χ3n) is 9.90. The summed E-state index contributed by atoms with van der Waals surface area (Å²) in [4.78, 5) is 89.8. The average Bonchev–Trinajstić information content (AvgIpc) is 3.81. The van der Waals surface area contributed by atoms with Gasteiger partial charge in [0.15, 0.2) is 0 Å². The Kier molecular flexibility index (Phi) is 9.59. The molecule has 5 amide bonds. The van der Waals surface area contributed by atoms with Crippen molar-refractivity contribution < 1.29 is 47.1 Å². The van der Waals surface area contributed by atoms with Crippen molar-refractivity contribution in [3.63, 3.8) is 0 Å². The number of rotatable bonds is 7. The molecule has 6 rings (SSSR count). The zero-order valence-electron chi connectivity index (χ0n) is 26.9. The first-order valence-corrected chi connectivity index (χ1v) is 18.5. The first-order valence-electron chi connectivity index (χ1n) is 16.1. The molecule has 0 radical (unpaired) electrons. The molecule has 3 fully saturated rings. The second-order valence-electron chi connectivity index (χ2n) is 13.0. The molecule has 2 aromatic carbocycles. The van der Waals surface area contributed by atoms with E-state index >= 15 is 0 Å². The molecule has 3 aliphatic heterocycles. The number of benzene rings is 2. The van der Waals surface area contributed by atoms with Crippen molar-refractivity contribution in [1.29, 1.82) is 0 Å². The van der Waals surface area contributed by atoms with Gasteiger partial charge in [0.25, 0.3) is 5.91 Å². The second-order valence-corrected chi connectivity index (χ2v) is 15.7. The average molecular weight is 732 g/mol. The van der Waals surface area contributed by atoms with Crippen LogP contribution in [0.25, 0.3) is 10.1 Å². The van der Waals surface area contributed by atoms with E-state index in [0.29, 0.717) is 24.0 Å². The molecule has 3 aromatic rings. The van der Waals surface area contributed by atoms with Crippen LogP contribution in [0.2, 0.25) is 0 Å². The van der Waals surface area contributed by atoms with Gasteiger partial charge in [-0.15, -0.1) is 11.3 Å². The van der Waals surface area contributed by atoms with Gasteiger partial charge in [-0.25, -0.2) is 0 Å². The molecule has 4 heterocycles. The van der Waals surface area contributed by atoms with Crippen molar-refractivity contribution in [1.82, 2.24) is 20.0 Å². The zero-order chi connectivity index (χ0) is 36.1. The van der Waals surface area contributed by atoms with Crippen LogP contribution < -0.4 is 11.1 Å². The number of primary amides is 1. The van der Waals surface area contributed by atoms with Crippen molar-refractivity contribution in [3.05, 3.63) is 70.6 Å². The molecule has 3 aliphatic rings. The SMILES string of the molecule is CC(=O)N1CC[C@H]2CC[C@@H](C(=O)N3C[C@@H](C(N)=O)[C@H](c4ccccc4)C3)N2C(=O)[C@@H](NC(=O)c2cc3cc(C(F)(F)P(=O)(O)O)ccc3s2)C1. The number of fused-ring (bicyclic) bond motifs is 2. The molecule has 5 N–H and O–H groups in total. The second kappa shape index (κ2) is 13.5. The lowest BCUT2D eigenvalue weighted by molar-refractivity contribution is -0.148. The molecule has 0 bridgehead atoms. The molecular formula is C33H36F2N5O8PS. The fourth-order valence-corrected chi connectivity index (χ4v) is 8.69. The molecule has 0 saturated carbocycles. The quantitative estimate of drug-likeness (QED) is 0.267.